The Balaban J connectivity index is 2.28. The molecule has 2 aliphatic heterocycles. The lowest BCUT2D eigenvalue weighted by molar-refractivity contribution is -0.147. The van der Waals surface area contributed by atoms with Crippen molar-refractivity contribution in [3.05, 3.63) is 71.8 Å². The van der Waals surface area contributed by atoms with Gasteiger partial charge < -0.3 is 14.6 Å². The molecule has 0 aromatic heterocycles. The van der Waals surface area contributed by atoms with E-state index in [1.54, 1.807) is 6.08 Å². The fraction of sp³-hybridized carbons (Fsp3) is 0.458. The van der Waals surface area contributed by atoms with Gasteiger partial charge in [0.05, 0.1) is 11.5 Å². The van der Waals surface area contributed by atoms with Crippen LogP contribution < -0.4 is 0 Å². The molecule has 0 radical (unpaired) electrons. The second kappa shape index (κ2) is 6.26. The van der Waals surface area contributed by atoms with E-state index in [4.69, 9.17) is 9.47 Å². The van der Waals surface area contributed by atoms with Crippen LogP contribution in [0.1, 0.15) is 41.5 Å². The first-order valence-corrected chi connectivity index (χ1v) is 9.61. The van der Waals surface area contributed by atoms with Crippen LogP contribution in [-0.4, -0.2) is 22.8 Å². The Morgan fingerprint density at radius 1 is 1.14 bits per heavy atom. The summed E-state index contributed by atoms with van der Waals surface area (Å²) in [6.45, 7) is 19.5. The van der Waals surface area contributed by atoms with Crippen LogP contribution in [0.2, 0.25) is 0 Å². The molecule has 2 unspecified atom stereocenters. The molecule has 3 aliphatic rings. The Bertz CT molecular complexity index is 874. The Kier molecular flexibility index (Phi) is 4.53. The van der Waals surface area contributed by atoms with Crippen LogP contribution in [0.15, 0.2) is 71.8 Å². The lowest BCUT2D eigenvalue weighted by Crippen LogP contribution is -2.44. The molecule has 1 aliphatic carbocycles. The quantitative estimate of drug-likeness (QED) is 0.528. The van der Waals surface area contributed by atoms with Crippen LogP contribution in [0, 0.1) is 16.7 Å². The summed E-state index contributed by atoms with van der Waals surface area (Å²) in [6.07, 6.45) is 8.53. The first-order chi connectivity index (χ1) is 12.8. The third-order valence-corrected chi connectivity index (χ3v) is 5.92. The molecular weight excluding hydrogens is 352 g/mol. The van der Waals surface area contributed by atoms with Crippen molar-refractivity contribution in [1.29, 1.82) is 0 Å². The van der Waals surface area contributed by atoms with E-state index in [0.717, 1.165) is 5.57 Å². The fourth-order valence-electron chi connectivity index (χ4n) is 3.83. The van der Waals surface area contributed by atoms with E-state index >= 15 is 0 Å². The van der Waals surface area contributed by atoms with Crippen LogP contribution in [-0.2, 0) is 14.3 Å². The zero-order chi connectivity index (χ0) is 21.1. The molecule has 4 heteroatoms. The standard InChI is InChI=1S/C24H30O4/c1-9-22(3,4)16-13-15-18(25)14-11-12-24(7,8)28-20(14)17(23(5,6)10-2)19(15)27-21(16)26/h9-13,15,19,25H,1-2H2,3-8H3. The smallest absolute Gasteiger partial charge is 0.335 e. The van der Waals surface area contributed by atoms with Crippen molar-refractivity contribution in [3.8, 4) is 0 Å². The summed E-state index contributed by atoms with van der Waals surface area (Å²) >= 11 is 0. The van der Waals surface area contributed by atoms with E-state index in [0.29, 0.717) is 16.9 Å². The second-order valence-electron chi connectivity index (χ2n) is 9.36. The summed E-state index contributed by atoms with van der Waals surface area (Å²) in [7, 11) is 0. The second-order valence-corrected chi connectivity index (χ2v) is 9.36. The molecule has 0 fully saturated rings. The van der Waals surface area contributed by atoms with E-state index in [2.05, 4.69) is 13.2 Å². The van der Waals surface area contributed by atoms with Gasteiger partial charge in [0.25, 0.3) is 0 Å². The molecule has 28 heavy (non-hydrogen) atoms. The highest BCUT2D eigenvalue weighted by molar-refractivity contribution is 5.92. The Labute approximate surface area is 167 Å². The number of allylic oxidation sites excluding steroid dienone is 3. The van der Waals surface area contributed by atoms with Gasteiger partial charge in [-0.25, -0.2) is 4.79 Å². The number of carbonyl (C=O) groups is 1. The van der Waals surface area contributed by atoms with Gasteiger partial charge in [-0.05, 0) is 26.0 Å². The fourth-order valence-corrected chi connectivity index (χ4v) is 3.83. The van der Waals surface area contributed by atoms with E-state index in [1.165, 1.54) is 0 Å². The highest BCUT2D eigenvalue weighted by Gasteiger charge is 2.49. The molecule has 1 N–H and O–H groups in total. The van der Waals surface area contributed by atoms with Gasteiger partial charge in [-0.1, -0.05) is 45.9 Å². The van der Waals surface area contributed by atoms with Crippen LogP contribution in [0.25, 0.3) is 0 Å². The Morgan fingerprint density at radius 3 is 2.32 bits per heavy atom. The van der Waals surface area contributed by atoms with Gasteiger partial charge in [0, 0.05) is 22.0 Å². The molecule has 0 saturated heterocycles. The van der Waals surface area contributed by atoms with Crippen LogP contribution >= 0.6 is 0 Å². The zero-order valence-corrected chi connectivity index (χ0v) is 17.6. The number of hydrogen-bond acceptors (Lipinski definition) is 4. The number of carbonyl (C=O) groups excluding carboxylic acids is 1. The predicted octanol–water partition coefficient (Wildman–Crippen LogP) is 5.32. The number of ether oxygens (including phenoxy) is 2. The third kappa shape index (κ3) is 3.05. The van der Waals surface area contributed by atoms with Crippen LogP contribution in [0.4, 0.5) is 0 Å². The molecule has 4 nitrogen and oxygen atoms in total. The van der Waals surface area contributed by atoms with Crippen molar-refractivity contribution < 1.29 is 19.4 Å². The Morgan fingerprint density at radius 2 is 1.75 bits per heavy atom. The van der Waals surface area contributed by atoms with Crippen molar-refractivity contribution in [1.82, 2.24) is 0 Å². The maximum Gasteiger partial charge on any atom is 0.335 e. The van der Waals surface area contributed by atoms with Gasteiger partial charge in [-0.15, -0.1) is 13.2 Å². The maximum atomic E-state index is 12.9. The third-order valence-electron chi connectivity index (χ3n) is 5.92. The minimum Gasteiger partial charge on any atom is -0.511 e. The molecule has 0 bridgehead atoms. The van der Waals surface area contributed by atoms with Gasteiger partial charge in [0.1, 0.15) is 23.2 Å². The number of fused-ring (bicyclic) bond motifs is 2. The summed E-state index contributed by atoms with van der Waals surface area (Å²) in [6, 6.07) is 0. The summed E-state index contributed by atoms with van der Waals surface area (Å²) < 4.78 is 12.2. The Hall–Kier alpha value is -2.49. The van der Waals surface area contributed by atoms with Gasteiger partial charge in [-0.3, -0.25) is 0 Å². The summed E-state index contributed by atoms with van der Waals surface area (Å²) in [5.41, 5.74) is 0.361. The lowest BCUT2D eigenvalue weighted by atomic mass is 9.69. The lowest BCUT2D eigenvalue weighted by Gasteiger charge is -2.45. The van der Waals surface area contributed by atoms with Gasteiger partial charge in [0.2, 0.25) is 0 Å². The predicted molar refractivity (Wildman–Crippen MR) is 110 cm³/mol. The maximum absolute atomic E-state index is 12.9. The SMILES string of the molecule is C=CC(C)(C)C1=CC2C(O)=C3C=CC(C)(C)OC3=C(C(C)(C)C=C)C2OC1=O. The number of esters is 1. The van der Waals surface area contributed by atoms with Crippen LogP contribution in [0.5, 0.6) is 0 Å². The van der Waals surface area contributed by atoms with E-state index in [-0.39, 0.29) is 5.76 Å². The summed E-state index contributed by atoms with van der Waals surface area (Å²) in [5.74, 6) is -0.149. The van der Waals surface area contributed by atoms with E-state index in [1.807, 2.05) is 65.8 Å². The van der Waals surface area contributed by atoms with Gasteiger partial charge in [-0.2, -0.15) is 0 Å². The molecule has 2 heterocycles. The van der Waals surface area contributed by atoms with Crippen molar-refractivity contribution >= 4 is 5.97 Å². The monoisotopic (exact) mass is 382 g/mol. The number of aliphatic hydroxyl groups excluding tert-OH is 1. The first-order valence-electron chi connectivity index (χ1n) is 9.61. The number of rotatable bonds is 4. The highest BCUT2D eigenvalue weighted by Crippen LogP contribution is 2.50. The zero-order valence-electron chi connectivity index (χ0n) is 17.6. The largest absolute Gasteiger partial charge is 0.511 e. The van der Waals surface area contributed by atoms with E-state index in [9.17, 15) is 9.90 Å². The normalized spacial score (nSPS) is 26.6. The molecule has 0 spiro atoms. The topological polar surface area (TPSA) is 55.8 Å². The molecule has 0 aromatic carbocycles. The molecule has 3 rings (SSSR count). The number of hydrogen-bond donors (Lipinski definition) is 1. The summed E-state index contributed by atoms with van der Waals surface area (Å²) in [5, 5.41) is 11.1. The van der Waals surface area contributed by atoms with Crippen LogP contribution in [0.3, 0.4) is 0 Å². The van der Waals surface area contributed by atoms with E-state index < -0.39 is 34.4 Å². The minimum absolute atomic E-state index is 0.153. The minimum atomic E-state index is -0.647. The molecule has 0 amide bonds. The molecule has 0 saturated carbocycles. The van der Waals surface area contributed by atoms with Crippen molar-refractivity contribution in [2.45, 2.75) is 53.2 Å². The van der Waals surface area contributed by atoms with Crippen molar-refractivity contribution in [2.75, 3.05) is 0 Å². The number of aliphatic hydroxyl groups is 1. The average Bonchev–Trinajstić information content (AvgIpc) is 2.60. The van der Waals surface area contributed by atoms with Crippen molar-refractivity contribution in [2.24, 2.45) is 16.7 Å². The van der Waals surface area contributed by atoms with Crippen molar-refractivity contribution in [3.63, 3.8) is 0 Å². The summed E-state index contributed by atoms with van der Waals surface area (Å²) in [4.78, 5) is 12.9. The van der Waals surface area contributed by atoms with Gasteiger partial charge >= 0.3 is 5.97 Å². The molecule has 0 aromatic rings. The first kappa shape index (κ1) is 20.2. The molecule has 150 valence electrons. The molecule has 2 atom stereocenters. The highest BCUT2D eigenvalue weighted by atomic mass is 16.5. The van der Waals surface area contributed by atoms with Gasteiger partial charge in [0.15, 0.2) is 0 Å². The average molecular weight is 383 g/mol. The molecular formula is C24H30O4.